The van der Waals surface area contributed by atoms with Crippen molar-refractivity contribution in [3.8, 4) is 33.8 Å². The van der Waals surface area contributed by atoms with Crippen molar-refractivity contribution in [1.82, 2.24) is 0 Å². The van der Waals surface area contributed by atoms with Gasteiger partial charge in [-0.05, 0) is 74.5 Å². The Balaban J connectivity index is 1.20. The van der Waals surface area contributed by atoms with Crippen LogP contribution in [-0.2, 0) is 5.41 Å². The minimum absolute atomic E-state index is 0.547. The van der Waals surface area contributed by atoms with E-state index in [0.29, 0.717) is 0 Å². The topological polar surface area (TPSA) is 22.4 Å². The Kier molecular flexibility index (Phi) is 6.13. The molecule has 0 saturated heterocycles. The van der Waals surface area contributed by atoms with E-state index in [1.165, 1.54) is 21.9 Å². The van der Waals surface area contributed by atoms with Gasteiger partial charge in [-0.3, -0.25) is 0 Å². The van der Waals surface area contributed by atoms with Crippen molar-refractivity contribution in [2.24, 2.45) is 0 Å². The number of furan rings is 1. The number of hydrogen-bond donors (Lipinski definition) is 0. The van der Waals surface area contributed by atoms with E-state index >= 15 is 0 Å². The maximum absolute atomic E-state index is 6.82. The summed E-state index contributed by atoms with van der Waals surface area (Å²) in [5, 5.41) is 4.63. The fourth-order valence-corrected chi connectivity index (χ4v) is 8.08. The monoisotopic (exact) mass is 626 g/mol. The largest absolute Gasteiger partial charge is 0.457 e. The van der Waals surface area contributed by atoms with E-state index in [0.717, 1.165) is 66.8 Å². The predicted octanol–water partition coefficient (Wildman–Crippen LogP) is 12.6. The van der Waals surface area contributed by atoms with Gasteiger partial charge in [0.2, 0.25) is 0 Å². The first-order chi connectivity index (χ1) is 24.3. The third-order valence-electron chi connectivity index (χ3n) is 10.2. The highest BCUT2D eigenvalue weighted by atomic mass is 16.5. The number of rotatable bonds is 4. The molecule has 2 heterocycles. The molecule has 0 atom stereocenters. The van der Waals surface area contributed by atoms with E-state index in [-0.39, 0.29) is 0 Å². The van der Waals surface area contributed by atoms with Gasteiger partial charge in [-0.15, -0.1) is 0 Å². The van der Waals surface area contributed by atoms with Gasteiger partial charge in [-0.2, -0.15) is 0 Å². The molecule has 9 aromatic rings. The van der Waals surface area contributed by atoms with E-state index in [1.54, 1.807) is 0 Å². The van der Waals surface area contributed by atoms with Gasteiger partial charge in [0.05, 0.1) is 5.41 Å². The van der Waals surface area contributed by atoms with Crippen LogP contribution in [0.15, 0.2) is 186 Å². The molecule has 8 aromatic carbocycles. The summed E-state index contributed by atoms with van der Waals surface area (Å²) in [6.07, 6.45) is 0. The lowest BCUT2D eigenvalue weighted by Crippen LogP contribution is -2.34. The maximum Gasteiger partial charge on any atom is 0.136 e. The Morgan fingerprint density at radius 3 is 1.78 bits per heavy atom. The number of para-hydroxylation sites is 1. The van der Waals surface area contributed by atoms with Gasteiger partial charge in [0.1, 0.15) is 22.7 Å². The van der Waals surface area contributed by atoms with Crippen LogP contribution in [0.25, 0.3) is 55.0 Å². The molecule has 0 aliphatic carbocycles. The summed E-state index contributed by atoms with van der Waals surface area (Å²) in [5.74, 6) is 1.73. The molecule has 230 valence electrons. The molecule has 0 fully saturated rings. The average molecular weight is 627 g/mol. The molecule has 0 spiro atoms. The Bertz CT molecular complexity index is 2650. The van der Waals surface area contributed by atoms with E-state index < -0.39 is 5.41 Å². The highest BCUT2D eigenvalue weighted by molar-refractivity contribution is 6.16. The van der Waals surface area contributed by atoms with Crippen LogP contribution in [-0.4, -0.2) is 0 Å². The number of fused-ring (bicyclic) bond motifs is 6. The Morgan fingerprint density at radius 2 is 1.00 bits per heavy atom. The second-order valence-corrected chi connectivity index (χ2v) is 12.8. The van der Waals surface area contributed by atoms with Crippen LogP contribution in [0.3, 0.4) is 0 Å². The molecule has 0 amide bonds. The van der Waals surface area contributed by atoms with Crippen molar-refractivity contribution in [1.29, 1.82) is 0 Å². The van der Waals surface area contributed by atoms with Gasteiger partial charge in [-0.25, -0.2) is 0 Å². The fraction of sp³-hybridized carbons (Fsp3) is 0.0213. The minimum Gasteiger partial charge on any atom is -0.457 e. The summed E-state index contributed by atoms with van der Waals surface area (Å²) in [5.41, 5.74) is 10.4. The zero-order chi connectivity index (χ0) is 32.4. The van der Waals surface area contributed by atoms with Gasteiger partial charge in [0.15, 0.2) is 0 Å². The van der Waals surface area contributed by atoms with Gasteiger partial charge >= 0.3 is 0 Å². The standard InChI is InChI=1S/C47H30O2/c1-3-16-34(17-4-1)47(35-18-5-2-6-19-35)40-23-11-12-24-42(40)48-45-30-33(26-27-41(45)47)36-20-9-10-21-37(36)38-22-13-25-43-46(38)39-28-31-14-7-8-15-32(31)29-44(39)49-43/h1-30H. The lowest BCUT2D eigenvalue weighted by Gasteiger charge is -2.41. The van der Waals surface area contributed by atoms with Crippen LogP contribution >= 0.6 is 0 Å². The normalized spacial score (nSPS) is 13.2. The summed E-state index contributed by atoms with van der Waals surface area (Å²) < 4.78 is 13.3. The van der Waals surface area contributed by atoms with E-state index in [9.17, 15) is 0 Å². The van der Waals surface area contributed by atoms with Crippen molar-refractivity contribution < 1.29 is 9.15 Å². The van der Waals surface area contributed by atoms with E-state index in [2.05, 4.69) is 182 Å². The molecule has 10 rings (SSSR count). The molecule has 0 radical (unpaired) electrons. The van der Waals surface area contributed by atoms with Crippen LogP contribution < -0.4 is 4.74 Å². The number of hydrogen-bond acceptors (Lipinski definition) is 2. The molecule has 2 heteroatoms. The van der Waals surface area contributed by atoms with Gasteiger partial charge in [0, 0.05) is 21.9 Å². The molecular formula is C47H30O2. The summed E-state index contributed by atoms with van der Waals surface area (Å²) in [6, 6.07) is 64.8. The van der Waals surface area contributed by atoms with Crippen LogP contribution in [0.4, 0.5) is 0 Å². The molecule has 49 heavy (non-hydrogen) atoms. The highest BCUT2D eigenvalue weighted by Gasteiger charge is 2.45. The highest BCUT2D eigenvalue weighted by Crippen LogP contribution is 2.56. The first-order valence-corrected chi connectivity index (χ1v) is 16.8. The van der Waals surface area contributed by atoms with Crippen molar-refractivity contribution in [2.75, 3.05) is 0 Å². The van der Waals surface area contributed by atoms with Gasteiger partial charge in [-0.1, -0.05) is 152 Å². The van der Waals surface area contributed by atoms with Crippen molar-refractivity contribution in [2.45, 2.75) is 5.41 Å². The second-order valence-electron chi connectivity index (χ2n) is 12.8. The zero-order valence-electron chi connectivity index (χ0n) is 26.6. The summed E-state index contributed by atoms with van der Waals surface area (Å²) >= 11 is 0. The zero-order valence-corrected chi connectivity index (χ0v) is 26.6. The van der Waals surface area contributed by atoms with Crippen LogP contribution in [0.1, 0.15) is 22.3 Å². The van der Waals surface area contributed by atoms with E-state index in [1.807, 2.05) is 0 Å². The van der Waals surface area contributed by atoms with Gasteiger partial charge < -0.3 is 9.15 Å². The predicted molar refractivity (Wildman–Crippen MR) is 200 cm³/mol. The first kappa shape index (κ1) is 27.7. The van der Waals surface area contributed by atoms with Crippen LogP contribution in [0.5, 0.6) is 11.5 Å². The molecule has 2 nitrogen and oxygen atoms in total. The summed E-state index contributed by atoms with van der Waals surface area (Å²) in [7, 11) is 0. The van der Waals surface area contributed by atoms with Crippen LogP contribution in [0.2, 0.25) is 0 Å². The summed E-state index contributed by atoms with van der Waals surface area (Å²) in [4.78, 5) is 0. The van der Waals surface area contributed by atoms with Gasteiger partial charge in [0.25, 0.3) is 0 Å². The number of ether oxygens (including phenoxy) is 1. The number of benzene rings is 8. The SMILES string of the molecule is c1ccc(C2(c3ccccc3)c3ccccc3Oc3cc(-c4ccccc4-c4cccc5oc6cc7ccccc7cc6c45)ccc32)cc1. The molecule has 0 saturated carbocycles. The van der Waals surface area contributed by atoms with Crippen molar-refractivity contribution in [3.05, 3.63) is 204 Å². The molecule has 1 aliphatic heterocycles. The Morgan fingerprint density at radius 1 is 0.388 bits per heavy atom. The second kappa shape index (κ2) is 10.8. The molecule has 1 aromatic heterocycles. The van der Waals surface area contributed by atoms with Crippen LogP contribution in [0, 0.1) is 0 Å². The van der Waals surface area contributed by atoms with E-state index in [4.69, 9.17) is 9.15 Å². The third kappa shape index (κ3) is 4.14. The molecule has 0 bridgehead atoms. The lowest BCUT2D eigenvalue weighted by atomic mass is 9.63. The smallest absolute Gasteiger partial charge is 0.136 e. The maximum atomic E-state index is 6.82. The quantitative estimate of drug-likeness (QED) is 0.194. The molecule has 0 N–H and O–H groups in total. The Labute approximate surface area is 284 Å². The van der Waals surface area contributed by atoms with Crippen molar-refractivity contribution >= 4 is 32.7 Å². The summed E-state index contributed by atoms with van der Waals surface area (Å²) in [6.45, 7) is 0. The molecule has 1 aliphatic rings. The lowest BCUT2D eigenvalue weighted by molar-refractivity contribution is 0.435. The molecule has 0 unspecified atom stereocenters. The third-order valence-corrected chi connectivity index (χ3v) is 10.2. The first-order valence-electron chi connectivity index (χ1n) is 16.8. The fourth-order valence-electron chi connectivity index (χ4n) is 8.08. The minimum atomic E-state index is -0.547. The average Bonchev–Trinajstić information content (AvgIpc) is 3.54. The molecular weight excluding hydrogens is 597 g/mol. The van der Waals surface area contributed by atoms with Crippen molar-refractivity contribution in [3.63, 3.8) is 0 Å². The Hall–Kier alpha value is -6.38.